The SMILES string of the molecule is NC(=O)c1cc(OC2CCCN(C(=O)COc3ccc(-c4ccccc4)cc3)C2)ccn1. The molecule has 0 bridgehead atoms. The molecule has 2 N–H and O–H groups in total. The molecule has 0 aliphatic carbocycles. The molecule has 0 radical (unpaired) electrons. The van der Waals surface area contributed by atoms with Crippen molar-refractivity contribution in [2.24, 2.45) is 5.73 Å². The predicted octanol–water partition coefficient (Wildman–Crippen LogP) is 3.30. The third-order valence-electron chi connectivity index (χ3n) is 5.34. The summed E-state index contributed by atoms with van der Waals surface area (Å²) in [5.41, 5.74) is 7.65. The van der Waals surface area contributed by atoms with Gasteiger partial charge >= 0.3 is 0 Å². The first-order valence-electron chi connectivity index (χ1n) is 10.6. The molecule has 1 aliphatic rings. The third-order valence-corrected chi connectivity index (χ3v) is 5.34. The minimum absolute atomic E-state index is 0.0293. The highest BCUT2D eigenvalue weighted by Gasteiger charge is 2.25. The van der Waals surface area contributed by atoms with Gasteiger partial charge in [-0.15, -0.1) is 0 Å². The molecular weight excluding hydrogens is 406 g/mol. The van der Waals surface area contributed by atoms with E-state index in [0.29, 0.717) is 24.6 Å². The average molecular weight is 431 g/mol. The van der Waals surface area contributed by atoms with Crippen LogP contribution in [0.5, 0.6) is 11.5 Å². The fourth-order valence-corrected chi connectivity index (χ4v) is 3.68. The highest BCUT2D eigenvalue weighted by molar-refractivity contribution is 5.91. The van der Waals surface area contributed by atoms with Gasteiger partial charge in [0.25, 0.3) is 11.8 Å². The number of amides is 2. The third kappa shape index (κ3) is 5.43. The molecule has 1 saturated heterocycles. The van der Waals surface area contributed by atoms with Crippen molar-refractivity contribution in [3.05, 3.63) is 78.6 Å². The number of nitrogens with two attached hydrogens (primary N) is 1. The molecule has 2 heterocycles. The minimum atomic E-state index is -0.607. The first-order chi connectivity index (χ1) is 15.6. The lowest BCUT2D eigenvalue weighted by Gasteiger charge is -2.32. The second kappa shape index (κ2) is 9.96. The summed E-state index contributed by atoms with van der Waals surface area (Å²) in [6.07, 6.45) is 2.97. The monoisotopic (exact) mass is 431 g/mol. The maximum atomic E-state index is 12.7. The van der Waals surface area contributed by atoms with Crippen LogP contribution in [0.2, 0.25) is 0 Å². The summed E-state index contributed by atoms with van der Waals surface area (Å²) in [6, 6.07) is 21.0. The second-order valence-electron chi connectivity index (χ2n) is 7.64. The number of carbonyl (C=O) groups excluding carboxylic acids is 2. The van der Waals surface area contributed by atoms with Crippen molar-refractivity contribution < 1.29 is 19.1 Å². The van der Waals surface area contributed by atoms with E-state index in [1.54, 1.807) is 11.0 Å². The number of likely N-dealkylation sites (tertiary alicyclic amines) is 1. The highest BCUT2D eigenvalue weighted by atomic mass is 16.5. The number of hydrogen-bond acceptors (Lipinski definition) is 5. The molecule has 2 aromatic carbocycles. The van der Waals surface area contributed by atoms with Crippen LogP contribution in [0.25, 0.3) is 11.1 Å². The Kier molecular flexibility index (Phi) is 6.65. The second-order valence-corrected chi connectivity index (χ2v) is 7.64. The Morgan fingerprint density at radius 2 is 1.75 bits per heavy atom. The van der Waals surface area contributed by atoms with Gasteiger partial charge in [-0.1, -0.05) is 42.5 Å². The van der Waals surface area contributed by atoms with Crippen molar-refractivity contribution in [1.82, 2.24) is 9.88 Å². The lowest BCUT2D eigenvalue weighted by molar-refractivity contribution is -0.136. The normalized spacial score (nSPS) is 15.8. The van der Waals surface area contributed by atoms with Crippen molar-refractivity contribution in [2.45, 2.75) is 18.9 Å². The zero-order valence-corrected chi connectivity index (χ0v) is 17.6. The van der Waals surface area contributed by atoms with E-state index in [1.165, 1.54) is 12.3 Å². The Bertz CT molecular complexity index is 1070. The molecule has 1 aliphatic heterocycles. The number of rotatable bonds is 7. The van der Waals surface area contributed by atoms with Crippen LogP contribution in [-0.4, -0.2) is 47.5 Å². The first kappa shape index (κ1) is 21.4. The smallest absolute Gasteiger partial charge is 0.267 e. The lowest BCUT2D eigenvalue weighted by Crippen LogP contribution is -2.46. The molecule has 32 heavy (non-hydrogen) atoms. The molecular formula is C25H25N3O4. The van der Waals surface area contributed by atoms with Crippen LogP contribution in [0.4, 0.5) is 0 Å². The molecule has 7 heteroatoms. The Hall–Kier alpha value is -3.87. The van der Waals surface area contributed by atoms with E-state index in [4.69, 9.17) is 15.2 Å². The van der Waals surface area contributed by atoms with Crippen LogP contribution in [0, 0.1) is 0 Å². The topological polar surface area (TPSA) is 94.8 Å². The Balaban J connectivity index is 1.30. The van der Waals surface area contributed by atoms with Crippen LogP contribution in [-0.2, 0) is 4.79 Å². The summed E-state index contributed by atoms with van der Waals surface area (Å²) in [7, 11) is 0. The highest BCUT2D eigenvalue weighted by Crippen LogP contribution is 2.23. The van der Waals surface area contributed by atoms with E-state index in [-0.39, 0.29) is 24.3 Å². The van der Waals surface area contributed by atoms with Gasteiger partial charge in [0.15, 0.2) is 6.61 Å². The molecule has 0 saturated carbocycles. The first-order valence-corrected chi connectivity index (χ1v) is 10.6. The Labute approximate surface area is 186 Å². The molecule has 0 spiro atoms. The number of primary amides is 1. The summed E-state index contributed by atoms with van der Waals surface area (Å²) >= 11 is 0. The van der Waals surface area contributed by atoms with Gasteiger partial charge in [-0.3, -0.25) is 14.6 Å². The molecule has 4 rings (SSSR count). The number of ether oxygens (including phenoxy) is 2. The molecule has 2 amide bonds. The molecule has 1 unspecified atom stereocenters. The lowest BCUT2D eigenvalue weighted by atomic mass is 10.1. The van der Waals surface area contributed by atoms with Crippen molar-refractivity contribution in [2.75, 3.05) is 19.7 Å². The van der Waals surface area contributed by atoms with E-state index >= 15 is 0 Å². The van der Waals surface area contributed by atoms with Crippen LogP contribution < -0.4 is 15.2 Å². The van der Waals surface area contributed by atoms with Gasteiger partial charge in [0.05, 0.1) is 6.54 Å². The van der Waals surface area contributed by atoms with Crippen molar-refractivity contribution in [1.29, 1.82) is 0 Å². The zero-order chi connectivity index (χ0) is 22.3. The predicted molar refractivity (Wildman–Crippen MR) is 120 cm³/mol. The van der Waals surface area contributed by atoms with E-state index in [2.05, 4.69) is 17.1 Å². The summed E-state index contributed by atoms with van der Waals surface area (Å²) < 4.78 is 11.7. The number of nitrogens with zero attached hydrogens (tertiary/aromatic N) is 2. The Morgan fingerprint density at radius 3 is 2.50 bits per heavy atom. The largest absolute Gasteiger partial charge is 0.488 e. The number of aromatic nitrogens is 1. The zero-order valence-electron chi connectivity index (χ0n) is 17.6. The van der Waals surface area contributed by atoms with Gasteiger partial charge in [-0.25, -0.2) is 0 Å². The number of carbonyl (C=O) groups is 2. The summed E-state index contributed by atoms with van der Waals surface area (Å²) in [5.74, 6) is 0.476. The van der Waals surface area contributed by atoms with Crippen LogP contribution in [0.3, 0.4) is 0 Å². The van der Waals surface area contributed by atoms with E-state index < -0.39 is 5.91 Å². The summed E-state index contributed by atoms with van der Waals surface area (Å²) in [6.45, 7) is 1.10. The number of pyridine rings is 1. The minimum Gasteiger partial charge on any atom is -0.488 e. The van der Waals surface area contributed by atoms with Gasteiger partial charge in [0.1, 0.15) is 23.3 Å². The summed E-state index contributed by atoms with van der Waals surface area (Å²) in [4.78, 5) is 29.6. The Morgan fingerprint density at radius 1 is 1.00 bits per heavy atom. The van der Waals surface area contributed by atoms with E-state index in [0.717, 1.165) is 24.0 Å². The maximum absolute atomic E-state index is 12.7. The van der Waals surface area contributed by atoms with Gasteiger partial charge in [-0.05, 0) is 42.2 Å². The average Bonchev–Trinajstić information content (AvgIpc) is 2.84. The number of benzene rings is 2. The van der Waals surface area contributed by atoms with Gasteiger partial charge in [0.2, 0.25) is 0 Å². The number of hydrogen-bond donors (Lipinski definition) is 1. The molecule has 1 atom stereocenters. The van der Waals surface area contributed by atoms with E-state index in [1.807, 2.05) is 42.5 Å². The van der Waals surface area contributed by atoms with E-state index in [9.17, 15) is 9.59 Å². The molecule has 3 aromatic rings. The summed E-state index contributed by atoms with van der Waals surface area (Å²) in [5, 5.41) is 0. The maximum Gasteiger partial charge on any atom is 0.267 e. The van der Waals surface area contributed by atoms with Crippen LogP contribution in [0.1, 0.15) is 23.3 Å². The quantitative estimate of drug-likeness (QED) is 0.619. The molecule has 164 valence electrons. The van der Waals surface area contributed by atoms with Gasteiger partial charge in [0, 0.05) is 18.8 Å². The molecule has 7 nitrogen and oxygen atoms in total. The molecule has 1 aromatic heterocycles. The van der Waals surface area contributed by atoms with Gasteiger partial charge < -0.3 is 20.1 Å². The molecule has 1 fully saturated rings. The standard InChI is InChI=1S/C25H25N3O4/c26-25(30)23-15-21(12-13-27-23)32-22-7-4-14-28(16-22)24(29)17-31-20-10-8-19(9-11-20)18-5-2-1-3-6-18/h1-3,5-6,8-13,15,22H,4,7,14,16-17H2,(H2,26,30). The van der Waals surface area contributed by atoms with Crippen LogP contribution >= 0.6 is 0 Å². The number of piperidine rings is 1. The van der Waals surface area contributed by atoms with Crippen molar-refractivity contribution in [3.63, 3.8) is 0 Å². The van der Waals surface area contributed by atoms with Crippen molar-refractivity contribution in [3.8, 4) is 22.6 Å². The van der Waals surface area contributed by atoms with Gasteiger partial charge in [-0.2, -0.15) is 0 Å². The fourth-order valence-electron chi connectivity index (χ4n) is 3.68. The van der Waals surface area contributed by atoms with Crippen LogP contribution in [0.15, 0.2) is 72.9 Å². The fraction of sp³-hybridized carbons (Fsp3) is 0.240. The van der Waals surface area contributed by atoms with Crippen molar-refractivity contribution >= 4 is 11.8 Å².